The van der Waals surface area contributed by atoms with E-state index in [4.69, 9.17) is 5.73 Å². The predicted octanol–water partition coefficient (Wildman–Crippen LogP) is 1.85. The number of nitrogens with two attached hydrogens (primary N) is 1. The number of benzene rings is 1. The van der Waals surface area contributed by atoms with E-state index < -0.39 is 6.04 Å². The van der Waals surface area contributed by atoms with Crippen LogP contribution in [0.4, 0.5) is 5.69 Å². The lowest BCUT2D eigenvalue weighted by atomic mass is 9.94. The van der Waals surface area contributed by atoms with E-state index in [1.807, 2.05) is 44.2 Å². The van der Waals surface area contributed by atoms with Crippen molar-refractivity contribution in [3.05, 3.63) is 30.3 Å². The maximum absolute atomic E-state index is 12.2. The fourth-order valence-electron chi connectivity index (χ4n) is 2.62. The van der Waals surface area contributed by atoms with Gasteiger partial charge in [-0.1, -0.05) is 32.0 Å². The van der Waals surface area contributed by atoms with Crippen molar-refractivity contribution in [1.29, 1.82) is 0 Å². The standard InChI is InChI=1S/C17H25N3O2/c1-12(2)15(18)17(22)20-10-8-13(9-11-20)16(21)19-14-6-4-3-5-7-14/h3-7,12-13,15H,8-11,18H2,1-2H3,(H,19,21)/t15-/m0/s1. The number of hydrogen-bond acceptors (Lipinski definition) is 3. The zero-order chi connectivity index (χ0) is 16.1. The van der Waals surface area contributed by atoms with Crippen LogP contribution in [0.2, 0.25) is 0 Å². The molecular formula is C17H25N3O2. The molecule has 1 aromatic rings. The van der Waals surface area contributed by atoms with Crippen molar-refractivity contribution < 1.29 is 9.59 Å². The third kappa shape index (κ3) is 4.07. The Bertz CT molecular complexity index is 508. The number of anilines is 1. The monoisotopic (exact) mass is 303 g/mol. The first-order valence-electron chi connectivity index (χ1n) is 7.89. The molecule has 0 bridgehead atoms. The van der Waals surface area contributed by atoms with Crippen LogP contribution in [-0.4, -0.2) is 35.8 Å². The summed E-state index contributed by atoms with van der Waals surface area (Å²) in [5.41, 5.74) is 6.73. The smallest absolute Gasteiger partial charge is 0.239 e. The summed E-state index contributed by atoms with van der Waals surface area (Å²) in [5, 5.41) is 2.93. The summed E-state index contributed by atoms with van der Waals surface area (Å²) in [6.07, 6.45) is 1.38. The number of piperidine rings is 1. The third-order valence-electron chi connectivity index (χ3n) is 4.22. The van der Waals surface area contributed by atoms with Crippen LogP contribution < -0.4 is 11.1 Å². The number of rotatable bonds is 4. The molecule has 1 aliphatic rings. The van der Waals surface area contributed by atoms with E-state index in [2.05, 4.69) is 5.32 Å². The van der Waals surface area contributed by atoms with Gasteiger partial charge < -0.3 is 16.0 Å². The number of nitrogens with one attached hydrogen (secondary N) is 1. The van der Waals surface area contributed by atoms with Crippen molar-refractivity contribution >= 4 is 17.5 Å². The molecule has 1 aromatic carbocycles. The highest BCUT2D eigenvalue weighted by molar-refractivity contribution is 5.92. The average Bonchev–Trinajstić information content (AvgIpc) is 2.54. The quantitative estimate of drug-likeness (QED) is 0.891. The Morgan fingerprint density at radius 2 is 1.77 bits per heavy atom. The van der Waals surface area contributed by atoms with E-state index in [1.165, 1.54) is 0 Å². The van der Waals surface area contributed by atoms with Gasteiger partial charge in [-0.15, -0.1) is 0 Å². The Hall–Kier alpha value is -1.88. The van der Waals surface area contributed by atoms with Crippen LogP contribution in [0.15, 0.2) is 30.3 Å². The molecule has 120 valence electrons. The largest absolute Gasteiger partial charge is 0.341 e. The number of para-hydroxylation sites is 1. The summed E-state index contributed by atoms with van der Waals surface area (Å²) in [5.74, 6) is 0.120. The topological polar surface area (TPSA) is 75.4 Å². The molecule has 5 nitrogen and oxygen atoms in total. The SMILES string of the molecule is CC(C)[C@H](N)C(=O)N1CCC(C(=O)Nc2ccccc2)CC1. The van der Waals surface area contributed by atoms with Crippen molar-refractivity contribution in [2.45, 2.75) is 32.7 Å². The fourth-order valence-corrected chi connectivity index (χ4v) is 2.62. The lowest BCUT2D eigenvalue weighted by molar-refractivity contribution is -0.136. The normalized spacial score (nSPS) is 17.4. The lowest BCUT2D eigenvalue weighted by Crippen LogP contribution is -2.50. The summed E-state index contributed by atoms with van der Waals surface area (Å²) in [6.45, 7) is 5.10. The van der Waals surface area contributed by atoms with Crippen molar-refractivity contribution in [3.8, 4) is 0 Å². The van der Waals surface area contributed by atoms with Gasteiger partial charge in [0.2, 0.25) is 11.8 Å². The Balaban J connectivity index is 1.84. The number of amides is 2. The maximum Gasteiger partial charge on any atom is 0.239 e. The van der Waals surface area contributed by atoms with Gasteiger partial charge >= 0.3 is 0 Å². The van der Waals surface area contributed by atoms with Gasteiger partial charge in [-0.3, -0.25) is 9.59 Å². The van der Waals surface area contributed by atoms with E-state index in [1.54, 1.807) is 4.90 Å². The summed E-state index contributed by atoms with van der Waals surface area (Å²) in [7, 11) is 0. The van der Waals surface area contributed by atoms with Crippen molar-refractivity contribution in [1.82, 2.24) is 4.90 Å². The summed E-state index contributed by atoms with van der Waals surface area (Å²) in [4.78, 5) is 26.2. The van der Waals surface area contributed by atoms with Crippen LogP contribution in [0.25, 0.3) is 0 Å². The first-order chi connectivity index (χ1) is 10.5. The molecule has 3 N–H and O–H groups in total. The summed E-state index contributed by atoms with van der Waals surface area (Å²) < 4.78 is 0. The van der Waals surface area contributed by atoms with E-state index in [-0.39, 0.29) is 23.7 Å². The number of nitrogens with zero attached hydrogens (tertiary/aromatic N) is 1. The molecule has 0 aromatic heterocycles. The van der Waals surface area contributed by atoms with Gasteiger partial charge in [-0.2, -0.15) is 0 Å². The molecule has 0 saturated carbocycles. The number of carbonyl (C=O) groups excluding carboxylic acids is 2. The van der Waals surface area contributed by atoms with Gasteiger partial charge in [0.05, 0.1) is 6.04 Å². The first-order valence-corrected chi connectivity index (χ1v) is 7.89. The second kappa shape index (κ2) is 7.40. The lowest BCUT2D eigenvalue weighted by Gasteiger charge is -2.33. The molecule has 1 fully saturated rings. The van der Waals surface area contributed by atoms with Crippen LogP contribution in [-0.2, 0) is 9.59 Å². The van der Waals surface area contributed by atoms with Crippen LogP contribution in [0.3, 0.4) is 0 Å². The molecule has 1 heterocycles. The fraction of sp³-hybridized carbons (Fsp3) is 0.529. The Kier molecular flexibility index (Phi) is 5.55. The van der Waals surface area contributed by atoms with E-state index in [9.17, 15) is 9.59 Å². The Labute approximate surface area is 131 Å². The van der Waals surface area contributed by atoms with Crippen LogP contribution in [0, 0.1) is 11.8 Å². The summed E-state index contributed by atoms with van der Waals surface area (Å²) in [6, 6.07) is 9.00. The molecule has 0 spiro atoms. The van der Waals surface area contributed by atoms with Gasteiger partial charge in [-0.05, 0) is 30.9 Å². The average molecular weight is 303 g/mol. The van der Waals surface area contributed by atoms with Crippen molar-refractivity contribution in [2.75, 3.05) is 18.4 Å². The summed E-state index contributed by atoms with van der Waals surface area (Å²) >= 11 is 0. The molecular weight excluding hydrogens is 278 g/mol. The van der Waals surface area contributed by atoms with Crippen LogP contribution in [0.1, 0.15) is 26.7 Å². The van der Waals surface area contributed by atoms with Gasteiger partial charge in [-0.25, -0.2) is 0 Å². The van der Waals surface area contributed by atoms with Gasteiger partial charge in [0.25, 0.3) is 0 Å². The minimum Gasteiger partial charge on any atom is -0.341 e. The van der Waals surface area contributed by atoms with Gasteiger partial charge in [0, 0.05) is 24.7 Å². The second-order valence-corrected chi connectivity index (χ2v) is 6.22. The molecule has 2 amide bonds. The molecule has 1 aliphatic heterocycles. The highest BCUT2D eigenvalue weighted by Gasteiger charge is 2.30. The molecule has 0 radical (unpaired) electrons. The highest BCUT2D eigenvalue weighted by atomic mass is 16.2. The minimum absolute atomic E-state index is 0.00285. The number of likely N-dealkylation sites (tertiary alicyclic amines) is 1. The predicted molar refractivity (Wildman–Crippen MR) is 87.2 cm³/mol. The Morgan fingerprint density at radius 3 is 2.32 bits per heavy atom. The zero-order valence-corrected chi connectivity index (χ0v) is 13.3. The highest BCUT2D eigenvalue weighted by Crippen LogP contribution is 2.20. The van der Waals surface area contributed by atoms with Crippen LogP contribution >= 0.6 is 0 Å². The number of hydrogen-bond donors (Lipinski definition) is 2. The van der Waals surface area contributed by atoms with E-state index in [0.717, 1.165) is 5.69 Å². The molecule has 0 unspecified atom stereocenters. The molecule has 1 saturated heterocycles. The van der Waals surface area contributed by atoms with Gasteiger partial charge in [0.15, 0.2) is 0 Å². The van der Waals surface area contributed by atoms with E-state index in [0.29, 0.717) is 25.9 Å². The molecule has 0 aliphatic carbocycles. The van der Waals surface area contributed by atoms with Crippen LogP contribution in [0.5, 0.6) is 0 Å². The third-order valence-corrected chi connectivity index (χ3v) is 4.22. The second-order valence-electron chi connectivity index (χ2n) is 6.22. The molecule has 2 rings (SSSR count). The Morgan fingerprint density at radius 1 is 1.18 bits per heavy atom. The minimum atomic E-state index is -0.449. The molecule has 1 atom stereocenters. The number of carbonyl (C=O) groups is 2. The first kappa shape index (κ1) is 16.5. The van der Waals surface area contributed by atoms with Gasteiger partial charge in [0.1, 0.15) is 0 Å². The molecule has 22 heavy (non-hydrogen) atoms. The van der Waals surface area contributed by atoms with Crippen molar-refractivity contribution in [2.24, 2.45) is 17.6 Å². The molecule has 5 heteroatoms. The maximum atomic E-state index is 12.2. The van der Waals surface area contributed by atoms with Crippen molar-refractivity contribution in [3.63, 3.8) is 0 Å². The van der Waals surface area contributed by atoms with E-state index >= 15 is 0 Å². The zero-order valence-electron chi connectivity index (χ0n) is 13.3.